The summed E-state index contributed by atoms with van der Waals surface area (Å²) >= 11 is 37.8. The molecule has 1 aromatic rings. The van der Waals surface area contributed by atoms with Crippen molar-refractivity contribution in [2.24, 2.45) is 0 Å². The van der Waals surface area contributed by atoms with Gasteiger partial charge in [-0.2, -0.15) is 13.2 Å². The standard InChI is InChI=1S/C15H4Cl7F3O10/c16-1-2(26)32-7-5(34-13(31)15(23,24)25)3(10(27)28)4(17)6(35-12(30)14(20,21)22)8(7)33-11(29)9(18)19/h9H,1H2,(H,27,28). The molecule has 0 aromatic heterocycles. The van der Waals surface area contributed by atoms with E-state index in [1.54, 1.807) is 0 Å². The first-order valence-electron chi connectivity index (χ1n) is 7.80. The van der Waals surface area contributed by atoms with Crippen molar-refractivity contribution in [2.75, 3.05) is 5.88 Å². The molecule has 1 N–H and O–H groups in total. The van der Waals surface area contributed by atoms with Gasteiger partial charge >= 0.3 is 36.0 Å². The van der Waals surface area contributed by atoms with E-state index in [0.717, 1.165) is 0 Å². The van der Waals surface area contributed by atoms with Crippen LogP contribution < -0.4 is 18.9 Å². The second-order valence-electron chi connectivity index (χ2n) is 5.41. The van der Waals surface area contributed by atoms with Gasteiger partial charge in [0.25, 0.3) is 3.79 Å². The van der Waals surface area contributed by atoms with Crippen LogP contribution in [0.25, 0.3) is 0 Å². The maximum atomic E-state index is 12.8. The fourth-order valence-corrected chi connectivity index (χ4v) is 2.34. The Labute approximate surface area is 225 Å². The number of hydrogen-bond acceptors (Lipinski definition) is 9. The Kier molecular flexibility index (Phi) is 10.8. The van der Waals surface area contributed by atoms with Gasteiger partial charge in [0.05, 0.1) is 0 Å². The number of carbonyl (C=O) groups excluding carboxylic acids is 4. The Balaban J connectivity index is 4.16. The van der Waals surface area contributed by atoms with E-state index in [2.05, 4.69) is 18.9 Å². The molecule has 0 atom stereocenters. The molecule has 0 radical (unpaired) electrons. The van der Waals surface area contributed by atoms with Crippen LogP contribution in [0.2, 0.25) is 5.02 Å². The third-order valence-corrected chi connectivity index (χ3v) is 4.43. The molecule has 0 fully saturated rings. The molecule has 0 aliphatic heterocycles. The van der Waals surface area contributed by atoms with Crippen molar-refractivity contribution in [1.82, 2.24) is 0 Å². The topological polar surface area (TPSA) is 142 Å². The predicted octanol–water partition coefficient (Wildman–Crippen LogP) is 4.63. The minimum atomic E-state index is -5.73. The lowest BCUT2D eigenvalue weighted by Crippen LogP contribution is -2.30. The number of rotatable bonds is 7. The molecule has 0 amide bonds. The van der Waals surface area contributed by atoms with Crippen molar-refractivity contribution in [2.45, 2.75) is 14.8 Å². The normalized spacial score (nSPS) is 11.6. The van der Waals surface area contributed by atoms with Gasteiger partial charge in [-0.15, -0.1) is 11.6 Å². The van der Waals surface area contributed by atoms with Crippen molar-refractivity contribution in [3.05, 3.63) is 10.6 Å². The summed E-state index contributed by atoms with van der Waals surface area (Å²) < 4.78 is 53.4. The van der Waals surface area contributed by atoms with Crippen LogP contribution in [-0.2, 0) is 19.2 Å². The van der Waals surface area contributed by atoms with Crippen LogP contribution in [-0.4, -0.2) is 55.6 Å². The number of benzene rings is 1. The number of carboxylic acid groups (broad SMARTS) is 1. The molecule has 0 saturated heterocycles. The van der Waals surface area contributed by atoms with E-state index in [1.807, 2.05) is 0 Å². The predicted molar refractivity (Wildman–Crippen MR) is 114 cm³/mol. The number of ether oxygens (including phenoxy) is 4. The SMILES string of the molecule is O=C(CCl)Oc1c(OC(=O)C(Cl)Cl)c(OC(=O)C(Cl)(Cl)Cl)c(Cl)c(C(=O)O)c1OC(=O)C(F)(F)F. The zero-order chi connectivity index (χ0) is 27.5. The highest BCUT2D eigenvalue weighted by Gasteiger charge is 2.45. The van der Waals surface area contributed by atoms with E-state index in [9.17, 15) is 42.3 Å². The second-order valence-corrected chi connectivity index (χ2v) is 9.44. The molecule has 1 aromatic carbocycles. The van der Waals surface area contributed by atoms with E-state index < -0.39 is 84.1 Å². The Morgan fingerprint density at radius 3 is 1.71 bits per heavy atom. The summed E-state index contributed by atoms with van der Waals surface area (Å²) in [6.45, 7) is 0. The van der Waals surface area contributed by atoms with E-state index >= 15 is 0 Å². The quantitative estimate of drug-likeness (QED) is 0.252. The van der Waals surface area contributed by atoms with Crippen LogP contribution in [0.15, 0.2) is 0 Å². The first-order valence-corrected chi connectivity index (χ1v) is 10.7. The Morgan fingerprint density at radius 2 is 1.31 bits per heavy atom. The number of carboxylic acids is 1. The number of esters is 4. The van der Waals surface area contributed by atoms with Gasteiger partial charge in [0.1, 0.15) is 16.5 Å². The van der Waals surface area contributed by atoms with Crippen LogP contribution in [0.1, 0.15) is 10.4 Å². The highest BCUT2D eigenvalue weighted by molar-refractivity contribution is 6.75. The van der Waals surface area contributed by atoms with Crippen molar-refractivity contribution < 1.29 is 61.2 Å². The number of carbonyl (C=O) groups is 5. The zero-order valence-corrected chi connectivity index (χ0v) is 21.0. The average molecular weight is 649 g/mol. The summed E-state index contributed by atoms with van der Waals surface area (Å²) in [4.78, 5) is 56.9. The molecule has 20 heteroatoms. The van der Waals surface area contributed by atoms with Crippen molar-refractivity contribution in [3.63, 3.8) is 0 Å². The molecule has 0 bridgehead atoms. The lowest BCUT2D eigenvalue weighted by atomic mass is 10.1. The van der Waals surface area contributed by atoms with Crippen LogP contribution >= 0.6 is 81.2 Å². The lowest BCUT2D eigenvalue weighted by molar-refractivity contribution is -0.189. The summed E-state index contributed by atoms with van der Waals surface area (Å²) in [7, 11) is 0. The van der Waals surface area contributed by atoms with Gasteiger partial charge in [-0.1, -0.05) is 69.6 Å². The van der Waals surface area contributed by atoms with Crippen molar-refractivity contribution in [1.29, 1.82) is 0 Å². The van der Waals surface area contributed by atoms with E-state index in [-0.39, 0.29) is 0 Å². The van der Waals surface area contributed by atoms with Gasteiger partial charge in [0.15, 0.2) is 11.5 Å². The Bertz CT molecular complexity index is 1070. The molecule has 194 valence electrons. The molecule has 0 saturated carbocycles. The van der Waals surface area contributed by atoms with Gasteiger partial charge < -0.3 is 24.1 Å². The van der Waals surface area contributed by atoms with Gasteiger partial charge in [-0.3, -0.25) is 4.79 Å². The van der Waals surface area contributed by atoms with Crippen LogP contribution in [0.3, 0.4) is 0 Å². The maximum Gasteiger partial charge on any atom is 0.491 e. The summed E-state index contributed by atoms with van der Waals surface area (Å²) in [5.74, 6) is -17.5. The number of hydrogen-bond donors (Lipinski definition) is 1. The van der Waals surface area contributed by atoms with Crippen molar-refractivity contribution >= 4 is 111 Å². The monoisotopic (exact) mass is 646 g/mol. The van der Waals surface area contributed by atoms with Gasteiger partial charge in [0.2, 0.25) is 16.3 Å². The maximum absolute atomic E-state index is 12.8. The van der Waals surface area contributed by atoms with Gasteiger partial charge in [0, 0.05) is 0 Å². The van der Waals surface area contributed by atoms with Crippen LogP contribution in [0.5, 0.6) is 23.0 Å². The van der Waals surface area contributed by atoms with Gasteiger partial charge in [-0.05, 0) is 0 Å². The molecule has 0 aliphatic rings. The summed E-state index contributed by atoms with van der Waals surface area (Å²) in [5, 5.41) is 8.10. The van der Waals surface area contributed by atoms with E-state index in [1.165, 1.54) is 0 Å². The molecule has 1 rings (SSSR count). The molecule has 10 nitrogen and oxygen atoms in total. The average Bonchev–Trinajstić information content (AvgIpc) is 2.70. The molecule has 0 spiro atoms. The Hall–Kier alpha value is -1.61. The number of halogens is 10. The van der Waals surface area contributed by atoms with Crippen LogP contribution in [0.4, 0.5) is 13.2 Å². The highest BCUT2D eigenvalue weighted by Crippen LogP contribution is 2.53. The summed E-state index contributed by atoms with van der Waals surface area (Å²) in [6.07, 6.45) is -5.73. The minimum Gasteiger partial charge on any atom is -0.477 e. The summed E-state index contributed by atoms with van der Waals surface area (Å²) in [6, 6.07) is 0. The number of alkyl halides is 9. The fourth-order valence-electron chi connectivity index (χ4n) is 1.78. The first kappa shape index (κ1) is 31.4. The fraction of sp³-hybridized carbons (Fsp3) is 0.267. The first-order chi connectivity index (χ1) is 15.8. The third-order valence-electron chi connectivity index (χ3n) is 3.04. The molecule has 0 aliphatic carbocycles. The third kappa shape index (κ3) is 8.20. The van der Waals surface area contributed by atoms with Crippen molar-refractivity contribution in [3.8, 4) is 23.0 Å². The lowest BCUT2D eigenvalue weighted by Gasteiger charge is -2.21. The Morgan fingerprint density at radius 1 is 0.829 bits per heavy atom. The summed E-state index contributed by atoms with van der Waals surface area (Å²) in [5.41, 5.74) is -1.57. The van der Waals surface area contributed by atoms with E-state index in [0.29, 0.717) is 0 Å². The second kappa shape index (κ2) is 12.1. The number of aromatic carboxylic acids is 1. The largest absolute Gasteiger partial charge is 0.491 e. The molecular formula is C15H4Cl7F3O10. The zero-order valence-electron chi connectivity index (χ0n) is 15.7. The molecular weight excluding hydrogens is 645 g/mol. The van der Waals surface area contributed by atoms with E-state index in [4.69, 9.17) is 81.2 Å². The van der Waals surface area contributed by atoms with Gasteiger partial charge in [-0.25, -0.2) is 19.2 Å². The highest BCUT2D eigenvalue weighted by atomic mass is 35.6. The smallest absolute Gasteiger partial charge is 0.477 e. The molecule has 0 heterocycles. The van der Waals surface area contributed by atoms with Crippen LogP contribution in [0, 0.1) is 0 Å². The molecule has 0 unspecified atom stereocenters. The minimum absolute atomic E-state index is 1.04. The molecule has 35 heavy (non-hydrogen) atoms.